The number of allylic oxidation sites excluding steroid dienone is 5. The Kier molecular flexibility index (Phi) is 5.71. The van der Waals surface area contributed by atoms with E-state index in [0.29, 0.717) is 9.54 Å². The maximum atomic E-state index is 2.73. The van der Waals surface area contributed by atoms with Gasteiger partial charge in [0.25, 0.3) is 0 Å². The second kappa shape index (κ2) is 7.64. The van der Waals surface area contributed by atoms with Gasteiger partial charge in [0.15, 0.2) is 0 Å². The standard InChI is InChI=1S/C19H19.C9H13.2CH3.H2Si.Zr/c1-12-13(2)15(4)19-17(14(12)3)10-11-18(19)16-8-6-5-7-9-16;1-6-5-7(2)9(4)8(6)3;;;;/h5-11H,1-4H3;6H,1-4H3;2*1H3;1H2;. The van der Waals surface area contributed by atoms with Crippen LogP contribution in [-0.2, 0) is 17.4 Å². The van der Waals surface area contributed by atoms with Gasteiger partial charge in [-0.15, -0.1) is 0 Å². The normalized spacial score (nSPS) is 21.4. The van der Waals surface area contributed by atoms with Crippen LogP contribution < -0.4 is 0 Å². The molecular weight excluding hydrogens is 480 g/mol. The van der Waals surface area contributed by atoms with Gasteiger partial charge in [0.2, 0.25) is 0 Å². The number of hydrogen-bond donors (Lipinski definition) is 0. The molecule has 0 fully saturated rings. The first-order valence-corrected chi connectivity index (χ1v) is 25.6. The van der Waals surface area contributed by atoms with Crippen LogP contribution in [0.4, 0.5) is 0 Å². The summed E-state index contributed by atoms with van der Waals surface area (Å²) in [6.07, 6.45) is 2.70. The number of benzene rings is 2. The minimum atomic E-state index is -3.42. The molecule has 32 heavy (non-hydrogen) atoms. The van der Waals surface area contributed by atoms with E-state index in [1.807, 2.05) is 3.28 Å². The summed E-state index contributed by atoms with van der Waals surface area (Å²) in [5, 5.41) is 0. The molecule has 168 valence electrons. The zero-order chi connectivity index (χ0) is 23.8. The van der Waals surface area contributed by atoms with Crippen LogP contribution in [0.15, 0.2) is 56.4 Å². The van der Waals surface area contributed by atoms with Crippen molar-refractivity contribution in [2.75, 3.05) is 0 Å². The van der Waals surface area contributed by atoms with Gasteiger partial charge in [-0.25, -0.2) is 0 Å². The molecule has 0 N–H and O–H groups in total. The summed E-state index contributed by atoms with van der Waals surface area (Å²) in [6, 6.07) is 11.1. The third kappa shape index (κ3) is 3.24. The Hall–Kier alpha value is -1.24. The van der Waals surface area contributed by atoms with Crippen LogP contribution in [0.1, 0.15) is 70.3 Å². The van der Waals surface area contributed by atoms with E-state index in [4.69, 9.17) is 0 Å². The van der Waals surface area contributed by atoms with Gasteiger partial charge in [0.1, 0.15) is 0 Å². The van der Waals surface area contributed by atoms with E-state index in [1.54, 1.807) is 22.3 Å². The second-order valence-corrected chi connectivity index (χ2v) is 41.1. The van der Waals surface area contributed by atoms with Gasteiger partial charge >= 0.3 is 199 Å². The average molecular weight is 520 g/mol. The van der Waals surface area contributed by atoms with E-state index in [1.165, 1.54) is 39.0 Å². The second-order valence-electron chi connectivity index (χ2n) is 11.6. The van der Waals surface area contributed by atoms with Gasteiger partial charge in [-0.2, -0.15) is 0 Å². The third-order valence-electron chi connectivity index (χ3n) is 9.26. The van der Waals surface area contributed by atoms with Crippen LogP contribution >= 0.6 is 0 Å². The van der Waals surface area contributed by atoms with Crippen molar-refractivity contribution in [3.63, 3.8) is 0 Å². The predicted octanol–water partition coefficient (Wildman–Crippen LogP) is 8.00. The molecule has 0 spiro atoms. The SMILES string of the molecule is CC1=C(C)C(C)[C]([Zr]([CH3])([CH3])(=[SiH2])[CH]2C=C(c3ccccc3)c3c(C)c(C)c(C)c(C)c32)=C1C. The van der Waals surface area contributed by atoms with Crippen molar-refractivity contribution in [2.45, 2.75) is 68.3 Å². The van der Waals surface area contributed by atoms with Crippen molar-refractivity contribution in [2.24, 2.45) is 5.92 Å². The van der Waals surface area contributed by atoms with Crippen LogP contribution in [0, 0.1) is 33.6 Å². The van der Waals surface area contributed by atoms with Gasteiger partial charge in [-0.05, 0) is 0 Å². The molecule has 2 aromatic carbocycles. The van der Waals surface area contributed by atoms with Crippen molar-refractivity contribution in [1.82, 2.24) is 0 Å². The first-order chi connectivity index (χ1) is 14.8. The van der Waals surface area contributed by atoms with Crippen LogP contribution in [0.5, 0.6) is 0 Å². The molecule has 0 radical (unpaired) electrons. The summed E-state index contributed by atoms with van der Waals surface area (Å²) in [5.74, 6) is 0.582. The molecule has 2 unspecified atom stereocenters. The molecule has 0 amide bonds. The van der Waals surface area contributed by atoms with Gasteiger partial charge in [-0.3, -0.25) is 0 Å². The van der Waals surface area contributed by atoms with E-state index >= 15 is 0 Å². The molecule has 4 rings (SSSR count). The summed E-state index contributed by atoms with van der Waals surface area (Å²) in [5.41, 5.74) is 16.7. The molecule has 0 bridgehead atoms. The van der Waals surface area contributed by atoms with Crippen LogP contribution in [-0.4, -0.2) is 6.88 Å². The van der Waals surface area contributed by atoms with Crippen molar-refractivity contribution in [3.05, 3.63) is 95.4 Å². The predicted molar refractivity (Wildman–Crippen MR) is 142 cm³/mol. The molecule has 2 aliphatic carbocycles. The summed E-state index contributed by atoms with van der Waals surface area (Å²) in [6.45, 7) is 21.4. The summed E-state index contributed by atoms with van der Waals surface area (Å²) in [7, 11) is 0. The van der Waals surface area contributed by atoms with E-state index in [2.05, 4.69) is 108 Å². The molecule has 0 nitrogen and oxygen atoms in total. The fourth-order valence-electron chi connectivity index (χ4n) is 6.86. The van der Waals surface area contributed by atoms with Crippen molar-refractivity contribution in [3.8, 4) is 0 Å². The minimum absolute atomic E-state index is 0.545. The molecule has 0 heterocycles. The Labute approximate surface area is 198 Å². The Morgan fingerprint density at radius 1 is 0.750 bits per heavy atom. The van der Waals surface area contributed by atoms with Gasteiger partial charge in [-0.1, -0.05) is 0 Å². The quantitative estimate of drug-likeness (QED) is 0.360. The first-order valence-electron chi connectivity index (χ1n) is 12.1. The average Bonchev–Trinajstić information content (AvgIpc) is 3.25. The van der Waals surface area contributed by atoms with E-state index in [-0.39, 0.29) is 0 Å². The molecule has 2 aliphatic rings. The van der Waals surface area contributed by atoms with E-state index in [0.717, 1.165) is 0 Å². The van der Waals surface area contributed by atoms with Crippen LogP contribution in [0.2, 0.25) is 9.26 Å². The molecule has 0 aromatic heterocycles. The molecular formula is C30H40SiZr. The fraction of sp³-hybridized carbons (Fsp3) is 0.400. The maximum absolute atomic E-state index is 3.42. The summed E-state index contributed by atoms with van der Waals surface area (Å²) in [4.78, 5) is 0. The zero-order valence-corrected chi connectivity index (χ0v) is 25.7. The summed E-state index contributed by atoms with van der Waals surface area (Å²) < 4.78 is 7.83. The Morgan fingerprint density at radius 3 is 1.84 bits per heavy atom. The van der Waals surface area contributed by atoms with Crippen molar-refractivity contribution >= 4 is 12.5 Å². The third-order valence-corrected chi connectivity index (χ3v) is 26.5. The van der Waals surface area contributed by atoms with Crippen molar-refractivity contribution < 1.29 is 17.4 Å². The Balaban J connectivity index is 2.08. The fourth-order valence-corrected chi connectivity index (χ4v) is 25.4. The molecule has 0 saturated carbocycles. The topological polar surface area (TPSA) is 0 Å². The molecule has 0 aliphatic heterocycles. The number of hydrogen-bond acceptors (Lipinski definition) is 0. The zero-order valence-electron chi connectivity index (χ0n) is 21.8. The number of rotatable bonds is 3. The van der Waals surface area contributed by atoms with Crippen LogP contribution in [0.3, 0.4) is 0 Å². The first kappa shape index (κ1) is 23.9. The van der Waals surface area contributed by atoms with Crippen LogP contribution in [0.25, 0.3) is 5.57 Å². The molecule has 2 atom stereocenters. The Bertz CT molecular complexity index is 1310. The van der Waals surface area contributed by atoms with E-state index in [9.17, 15) is 0 Å². The van der Waals surface area contributed by atoms with Crippen molar-refractivity contribution in [1.29, 1.82) is 0 Å². The van der Waals surface area contributed by atoms with Gasteiger partial charge in [0.05, 0.1) is 0 Å². The monoisotopic (exact) mass is 518 g/mol. The van der Waals surface area contributed by atoms with Gasteiger partial charge in [0, 0.05) is 0 Å². The molecule has 2 aromatic rings. The molecule has 2 heteroatoms. The Morgan fingerprint density at radius 2 is 1.31 bits per heavy atom. The van der Waals surface area contributed by atoms with E-state index < -0.39 is 17.4 Å². The molecule has 0 saturated heterocycles. The van der Waals surface area contributed by atoms with Gasteiger partial charge < -0.3 is 0 Å². The number of fused-ring (bicyclic) bond motifs is 1. The summed E-state index contributed by atoms with van der Waals surface area (Å²) >= 11 is -3.42.